The Labute approximate surface area is 172 Å². The largest absolute Gasteiger partial charge is 0.356 e. The highest BCUT2D eigenvalue weighted by Crippen LogP contribution is 2.60. The second-order valence-corrected chi connectivity index (χ2v) is 9.36. The number of hydrogen-bond acceptors (Lipinski definition) is 3. The summed E-state index contributed by atoms with van der Waals surface area (Å²) in [6, 6.07) is 7.03. The lowest BCUT2D eigenvalue weighted by Crippen LogP contribution is -2.53. The fraction of sp³-hybridized carbons (Fsp3) is 0.609. The maximum Gasteiger partial charge on any atom is 0.226 e. The summed E-state index contributed by atoms with van der Waals surface area (Å²) in [4.78, 5) is 36.1. The minimum absolute atomic E-state index is 0.0682. The number of benzene rings is 1. The summed E-state index contributed by atoms with van der Waals surface area (Å²) in [5.74, 6) is 2.31. The smallest absolute Gasteiger partial charge is 0.226 e. The molecule has 3 N–H and O–H groups in total. The van der Waals surface area contributed by atoms with E-state index < -0.39 is 0 Å². The van der Waals surface area contributed by atoms with Crippen molar-refractivity contribution in [2.45, 2.75) is 58.3 Å². The highest BCUT2D eigenvalue weighted by molar-refractivity contribution is 5.92. The van der Waals surface area contributed by atoms with Crippen molar-refractivity contribution in [3.8, 4) is 0 Å². The molecule has 6 heteroatoms. The molecule has 5 rings (SSSR count). The molecule has 156 valence electrons. The summed E-state index contributed by atoms with van der Waals surface area (Å²) < 4.78 is 0. The average molecular weight is 398 g/mol. The fourth-order valence-electron chi connectivity index (χ4n) is 6.09. The van der Waals surface area contributed by atoms with Crippen LogP contribution in [0.2, 0.25) is 0 Å². The minimum Gasteiger partial charge on any atom is -0.356 e. The first kappa shape index (κ1) is 19.9. The van der Waals surface area contributed by atoms with E-state index in [1.165, 1.54) is 26.2 Å². The van der Waals surface area contributed by atoms with Gasteiger partial charge in [-0.25, -0.2) is 0 Å². The first-order valence-electron chi connectivity index (χ1n) is 10.9. The number of rotatable bonds is 7. The molecule has 0 aliphatic heterocycles. The van der Waals surface area contributed by atoms with E-state index in [-0.39, 0.29) is 23.1 Å². The van der Waals surface area contributed by atoms with E-state index in [4.69, 9.17) is 0 Å². The third kappa shape index (κ3) is 4.62. The van der Waals surface area contributed by atoms with Crippen molar-refractivity contribution in [3.05, 3.63) is 24.3 Å². The van der Waals surface area contributed by atoms with Gasteiger partial charge in [0.25, 0.3) is 0 Å². The highest BCUT2D eigenvalue weighted by atomic mass is 16.2. The summed E-state index contributed by atoms with van der Waals surface area (Å²) in [7, 11) is 0. The van der Waals surface area contributed by atoms with Gasteiger partial charge in [0.15, 0.2) is 0 Å². The second kappa shape index (κ2) is 8.17. The third-order valence-corrected chi connectivity index (χ3v) is 6.88. The number of nitrogens with one attached hydrogen (secondary N) is 3. The molecule has 0 spiro atoms. The Bertz CT molecular complexity index is 752. The Hall–Kier alpha value is -2.37. The van der Waals surface area contributed by atoms with Gasteiger partial charge in [0.1, 0.15) is 0 Å². The SMILES string of the molecule is CC(=O)Nc1ccc(NC(=O)CCCNC(=O)C23CC4CC(CC(C4)C2)C3)cc1. The number of carbonyl (C=O) groups excluding carboxylic acids is 3. The Morgan fingerprint density at radius 2 is 1.41 bits per heavy atom. The maximum absolute atomic E-state index is 12.9. The van der Waals surface area contributed by atoms with Gasteiger partial charge in [-0.1, -0.05) is 0 Å². The molecular weight excluding hydrogens is 366 g/mol. The van der Waals surface area contributed by atoms with E-state index in [9.17, 15) is 14.4 Å². The Balaban J connectivity index is 1.18. The summed E-state index contributed by atoms with van der Waals surface area (Å²) >= 11 is 0. The number of hydrogen-bond donors (Lipinski definition) is 3. The van der Waals surface area contributed by atoms with Crippen molar-refractivity contribution in [2.24, 2.45) is 23.2 Å². The lowest BCUT2D eigenvalue weighted by molar-refractivity contribution is -0.146. The molecule has 0 aromatic heterocycles. The van der Waals surface area contributed by atoms with Crippen LogP contribution in [-0.2, 0) is 14.4 Å². The van der Waals surface area contributed by atoms with E-state index in [2.05, 4.69) is 16.0 Å². The van der Waals surface area contributed by atoms with Crippen molar-refractivity contribution in [3.63, 3.8) is 0 Å². The third-order valence-electron chi connectivity index (χ3n) is 6.88. The minimum atomic E-state index is -0.127. The lowest BCUT2D eigenvalue weighted by Gasteiger charge is -2.55. The standard InChI is InChI=1S/C23H31N3O3/c1-15(27)25-19-4-6-20(7-5-19)26-21(28)3-2-8-24-22(29)23-12-16-9-17(13-23)11-18(10-16)14-23/h4-7,16-18H,2-3,8-14H2,1H3,(H,24,29)(H,25,27)(H,26,28). The zero-order valence-corrected chi connectivity index (χ0v) is 17.1. The molecule has 1 aromatic rings. The molecule has 0 radical (unpaired) electrons. The van der Waals surface area contributed by atoms with Crippen LogP contribution < -0.4 is 16.0 Å². The molecule has 29 heavy (non-hydrogen) atoms. The van der Waals surface area contributed by atoms with E-state index >= 15 is 0 Å². The van der Waals surface area contributed by atoms with Crippen LogP contribution in [0.25, 0.3) is 0 Å². The van der Waals surface area contributed by atoms with E-state index in [0.29, 0.717) is 30.8 Å². The van der Waals surface area contributed by atoms with Gasteiger partial charge in [0, 0.05) is 36.7 Å². The summed E-state index contributed by atoms with van der Waals surface area (Å²) in [5.41, 5.74) is 1.27. The summed E-state index contributed by atoms with van der Waals surface area (Å²) in [6.45, 7) is 2.01. The predicted octanol–water partition coefficient (Wildman–Crippen LogP) is 3.70. The molecule has 1 aromatic carbocycles. The summed E-state index contributed by atoms with van der Waals surface area (Å²) in [6.07, 6.45) is 8.21. The van der Waals surface area contributed by atoms with Gasteiger partial charge < -0.3 is 16.0 Å². The lowest BCUT2D eigenvalue weighted by atomic mass is 9.49. The van der Waals surface area contributed by atoms with Gasteiger partial charge in [-0.3, -0.25) is 14.4 Å². The van der Waals surface area contributed by atoms with E-state index in [0.717, 1.165) is 37.0 Å². The molecule has 4 saturated carbocycles. The normalized spacial score (nSPS) is 29.3. The van der Waals surface area contributed by atoms with Gasteiger partial charge in [-0.15, -0.1) is 0 Å². The molecule has 3 amide bonds. The van der Waals surface area contributed by atoms with Crippen molar-refractivity contribution in [1.82, 2.24) is 5.32 Å². The van der Waals surface area contributed by atoms with Gasteiger partial charge in [0.2, 0.25) is 17.7 Å². The molecule has 4 bridgehead atoms. The molecule has 4 aliphatic rings. The number of anilines is 2. The quantitative estimate of drug-likeness (QED) is 0.613. The molecule has 4 fully saturated rings. The van der Waals surface area contributed by atoms with Crippen molar-refractivity contribution >= 4 is 29.1 Å². The van der Waals surface area contributed by atoms with Crippen molar-refractivity contribution < 1.29 is 14.4 Å². The van der Waals surface area contributed by atoms with Crippen LogP contribution in [0.15, 0.2) is 24.3 Å². The Morgan fingerprint density at radius 1 is 0.897 bits per heavy atom. The van der Waals surface area contributed by atoms with Crippen LogP contribution in [0.1, 0.15) is 58.3 Å². The topological polar surface area (TPSA) is 87.3 Å². The second-order valence-electron chi connectivity index (χ2n) is 9.36. The van der Waals surface area contributed by atoms with Gasteiger partial charge >= 0.3 is 0 Å². The van der Waals surface area contributed by atoms with Crippen LogP contribution in [-0.4, -0.2) is 24.3 Å². The van der Waals surface area contributed by atoms with E-state index in [1.807, 2.05) is 0 Å². The van der Waals surface area contributed by atoms with Crippen LogP contribution >= 0.6 is 0 Å². The Kier molecular flexibility index (Phi) is 5.61. The van der Waals surface area contributed by atoms with Gasteiger partial charge in [-0.05, 0) is 87.0 Å². The monoisotopic (exact) mass is 397 g/mol. The highest BCUT2D eigenvalue weighted by Gasteiger charge is 2.54. The van der Waals surface area contributed by atoms with E-state index in [1.54, 1.807) is 24.3 Å². The molecular formula is C23H31N3O3. The van der Waals surface area contributed by atoms with Gasteiger partial charge in [0.05, 0.1) is 0 Å². The van der Waals surface area contributed by atoms with Crippen LogP contribution in [0.4, 0.5) is 11.4 Å². The molecule has 6 nitrogen and oxygen atoms in total. The molecule has 0 saturated heterocycles. The van der Waals surface area contributed by atoms with Crippen LogP contribution in [0.3, 0.4) is 0 Å². The maximum atomic E-state index is 12.9. The molecule has 0 heterocycles. The zero-order valence-electron chi connectivity index (χ0n) is 17.1. The first-order valence-corrected chi connectivity index (χ1v) is 10.9. The molecule has 4 aliphatic carbocycles. The fourth-order valence-corrected chi connectivity index (χ4v) is 6.09. The number of amides is 3. The molecule has 0 atom stereocenters. The van der Waals surface area contributed by atoms with Crippen LogP contribution in [0.5, 0.6) is 0 Å². The Morgan fingerprint density at radius 3 is 1.93 bits per heavy atom. The number of carbonyl (C=O) groups is 3. The van der Waals surface area contributed by atoms with Crippen molar-refractivity contribution in [2.75, 3.05) is 17.2 Å². The average Bonchev–Trinajstić information content (AvgIpc) is 2.65. The first-order chi connectivity index (χ1) is 13.9. The zero-order chi connectivity index (χ0) is 20.4. The predicted molar refractivity (Wildman–Crippen MR) is 112 cm³/mol. The molecule has 0 unspecified atom stereocenters. The van der Waals surface area contributed by atoms with Gasteiger partial charge in [-0.2, -0.15) is 0 Å². The van der Waals surface area contributed by atoms with Crippen LogP contribution in [0, 0.1) is 23.2 Å². The summed E-state index contributed by atoms with van der Waals surface area (Å²) in [5, 5.41) is 8.67. The van der Waals surface area contributed by atoms with Crippen molar-refractivity contribution in [1.29, 1.82) is 0 Å².